The molecule has 0 amide bonds. The van der Waals surface area contributed by atoms with Gasteiger partial charge >= 0.3 is 10.3 Å². The van der Waals surface area contributed by atoms with Crippen molar-refractivity contribution in [2.75, 3.05) is 30.9 Å². The Hall–Kier alpha value is -0.550. The van der Waals surface area contributed by atoms with Gasteiger partial charge in [0.15, 0.2) is 0 Å². The van der Waals surface area contributed by atoms with Gasteiger partial charge in [-0.15, -0.1) is 0 Å². The first kappa shape index (κ1) is 13.9. The van der Waals surface area contributed by atoms with E-state index in [0.29, 0.717) is 0 Å². The van der Waals surface area contributed by atoms with Gasteiger partial charge in [-0.2, -0.15) is 0 Å². The Labute approximate surface area is 124 Å². The molecule has 1 aliphatic heterocycles. The summed E-state index contributed by atoms with van der Waals surface area (Å²) in [6, 6.07) is 8.10. The van der Waals surface area contributed by atoms with E-state index in [2.05, 4.69) is 37.9 Å². The highest BCUT2D eigenvalue weighted by molar-refractivity contribution is 9.10. The number of benzene rings is 1. The number of thioether (sulfide) groups is 2. The molecule has 0 aliphatic carbocycles. The number of amidine groups is 2. The minimum Gasteiger partial charge on any atom is -0.276 e. The lowest BCUT2D eigenvalue weighted by atomic mass is 10.3. The molecule has 96 valence electrons. The molecule has 1 aliphatic rings. The maximum absolute atomic E-state index is 4.66. The molecular weight excluding hydrogens is 330 g/mol. The molecule has 1 aromatic carbocycles. The van der Waals surface area contributed by atoms with E-state index in [4.69, 9.17) is 0 Å². The fourth-order valence-electron chi connectivity index (χ4n) is 1.47. The molecule has 6 heteroatoms. The number of hydrogen-bond acceptors (Lipinski definition) is 2. The summed E-state index contributed by atoms with van der Waals surface area (Å²) in [5, 5.41) is 5.35. The number of rotatable bonds is 1. The van der Waals surface area contributed by atoms with E-state index in [0.717, 1.165) is 32.8 Å². The van der Waals surface area contributed by atoms with Crippen LogP contribution >= 0.6 is 39.5 Å². The summed E-state index contributed by atoms with van der Waals surface area (Å²) in [4.78, 5) is 2.18. The fraction of sp³-hybridized carbons (Fsp3) is 0.333. The number of anilines is 1. The molecule has 0 unspecified atom stereocenters. The van der Waals surface area contributed by atoms with Crippen molar-refractivity contribution < 1.29 is 0 Å². The van der Waals surface area contributed by atoms with Gasteiger partial charge in [0, 0.05) is 10.2 Å². The van der Waals surface area contributed by atoms with Gasteiger partial charge < -0.3 is 0 Å². The van der Waals surface area contributed by atoms with E-state index in [1.54, 1.807) is 23.5 Å². The van der Waals surface area contributed by atoms with Gasteiger partial charge in [0.2, 0.25) is 0 Å². The summed E-state index contributed by atoms with van der Waals surface area (Å²) in [5.74, 6) is 1.12. The van der Waals surface area contributed by atoms with Crippen molar-refractivity contribution in [3.8, 4) is 0 Å². The first-order valence-corrected chi connectivity index (χ1v) is 8.55. The highest BCUT2D eigenvalue weighted by Gasteiger charge is 2.22. The zero-order valence-corrected chi connectivity index (χ0v) is 13.5. The van der Waals surface area contributed by atoms with Gasteiger partial charge in [-0.05, 0) is 54.0 Å². The molecule has 0 aromatic heterocycles. The molecule has 1 saturated heterocycles. The normalized spacial score (nSPS) is 14.6. The van der Waals surface area contributed by atoms with Crippen molar-refractivity contribution in [3.05, 3.63) is 28.7 Å². The molecule has 3 nitrogen and oxygen atoms in total. The summed E-state index contributed by atoms with van der Waals surface area (Å²) in [7, 11) is 2.08. The molecule has 1 N–H and O–H groups in total. The van der Waals surface area contributed by atoms with E-state index in [9.17, 15) is 0 Å². The van der Waals surface area contributed by atoms with Gasteiger partial charge in [0.1, 0.15) is 0 Å². The minimum atomic E-state index is 0.925. The van der Waals surface area contributed by atoms with Gasteiger partial charge in [0.05, 0.1) is 19.3 Å². The summed E-state index contributed by atoms with van der Waals surface area (Å²) in [5.41, 5.74) is 1.05. The monoisotopic (exact) mass is 344 g/mol. The van der Waals surface area contributed by atoms with Gasteiger partial charge in [-0.1, -0.05) is 15.9 Å². The van der Waals surface area contributed by atoms with Crippen LogP contribution in [0.5, 0.6) is 0 Å². The Morgan fingerprint density at radius 2 is 2.17 bits per heavy atom. The van der Waals surface area contributed by atoms with E-state index in [1.807, 2.05) is 30.5 Å². The Bertz CT molecular complexity index is 481. The van der Waals surface area contributed by atoms with Gasteiger partial charge in [0.25, 0.3) is 0 Å². The number of nitrogens with zero attached hydrogens (tertiary/aromatic N) is 2. The average Bonchev–Trinajstić information content (AvgIpc) is 2.77. The van der Waals surface area contributed by atoms with Crippen molar-refractivity contribution in [2.24, 2.45) is 0 Å². The van der Waals surface area contributed by atoms with Crippen molar-refractivity contribution >= 4 is 55.5 Å². The van der Waals surface area contributed by atoms with Crippen LogP contribution in [0.4, 0.5) is 5.69 Å². The molecular formula is C12H15BrN3S2+. The first-order chi connectivity index (χ1) is 8.69. The molecule has 0 radical (unpaired) electrons. The topological polar surface area (TPSA) is 29.4 Å². The summed E-state index contributed by atoms with van der Waals surface area (Å²) < 4.78 is 5.73. The zero-order chi connectivity index (χ0) is 13.0. The number of hydrogen-bond donors (Lipinski definition) is 1. The van der Waals surface area contributed by atoms with Crippen LogP contribution in [-0.4, -0.2) is 40.8 Å². The Kier molecular flexibility index (Phi) is 5.06. The second-order valence-corrected chi connectivity index (χ2v) is 6.58. The quantitative estimate of drug-likeness (QED) is 0.481. The highest BCUT2D eigenvalue weighted by atomic mass is 79.9. The Morgan fingerprint density at radius 1 is 1.44 bits per heavy atom. The highest BCUT2D eigenvalue weighted by Crippen LogP contribution is 2.16. The Balaban J connectivity index is 2.19. The lowest BCUT2D eigenvalue weighted by molar-refractivity contribution is 0.563. The molecule has 1 fully saturated rings. The zero-order valence-electron chi connectivity index (χ0n) is 10.3. The van der Waals surface area contributed by atoms with Crippen molar-refractivity contribution in [1.29, 1.82) is 0 Å². The molecule has 0 spiro atoms. The molecule has 1 aromatic rings. The van der Waals surface area contributed by atoms with Crippen LogP contribution in [-0.2, 0) is 0 Å². The molecule has 0 atom stereocenters. The number of halogens is 1. The maximum Gasteiger partial charge on any atom is 0.350 e. The third kappa shape index (κ3) is 3.72. The summed E-state index contributed by atoms with van der Waals surface area (Å²) >= 11 is 6.86. The molecule has 2 rings (SSSR count). The van der Waals surface area contributed by atoms with Crippen LogP contribution < -0.4 is 9.98 Å². The molecule has 18 heavy (non-hydrogen) atoms. The molecule has 1 heterocycles. The van der Waals surface area contributed by atoms with E-state index in [1.165, 1.54) is 0 Å². The third-order valence-corrected chi connectivity index (χ3v) is 4.63. The predicted molar refractivity (Wildman–Crippen MR) is 88.5 cm³/mol. The predicted octanol–water partition coefficient (Wildman–Crippen LogP) is 2.68. The lowest BCUT2D eigenvalue weighted by Crippen LogP contribution is -2.23. The van der Waals surface area contributed by atoms with Crippen LogP contribution in [0.25, 0.3) is 0 Å². The van der Waals surface area contributed by atoms with E-state index >= 15 is 0 Å². The van der Waals surface area contributed by atoms with Crippen LogP contribution in [0.2, 0.25) is 0 Å². The van der Waals surface area contributed by atoms with Gasteiger partial charge in [-0.3, -0.25) is 10.2 Å². The first-order valence-electron chi connectivity index (χ1n) is 5.55. The van der Waals surface area contributed by atoms with Crippen molar-refractivity contribution in [2.45, 2.75) is 0 Å². The second-order valence-electron chi connectivity index (χ2n) is 3.81. The standard InChI is InChI=1S/C12H14BrN3S2/c1-16-7-8-18-12(16)15-11(17-2)14-10-5-3-9(13)4-6-10/h3-6H,7-8H2,1-2H3/p+1. The molecule has 0 saturated carbocycles. The van der Waals surface area contributed by atoms with Crippen LogP contribution in [0.1, 0.15) is 0 Å². The summed E-state index contributed by atoms with van der Waals surface area (Å²) in [6.45, 7) is 1.07. The van der Waals surface area contributed by atoms with Crippen LogP contribution in [0, 0.1) is 0 Å². The smallest absolute Gasteiger partial charge is 0.276 e. The minimum absolute atomic E-state index is 0.925. The van der Waals surface area contributed by atoms with E-state index < -0.39 is 0 Å². The second kappa shape index (κ2) is 6.57. The largest absolute Gasteiger partial charge is 0.350 e. The van der Waals surface area contributed by atoms with Gasteiger partial charge in [-0.25, -0.2) is 4.67 Å². The van der Waals surface area contributed by atoms with E-state index in [-0.39, 0.29) is 0 Å². The fourth-order valence-corrected chi connectivity index (χ4v) is 3.20. The van der Waals surface area contributed by atoms with Crippen molar-refractivity contribution in [1.82, 2.24) is 9.57 Å². The third-order valence-electron chi connectivity index (χ3n) is 2.47. The maximum atomic E-state index is 4.66. The summed E-state index contributed by atoms with van der Waals surface area (Å²) in [6.07, 6.45) is 2.03. The molecule has 0 bridgehead atoms. The lowest BCUT2D eigenvalue weighted by Gasteiger charge is -2.01. The van der Waals surface area contributed by atoms with Crippen LogP contribution in [0.3, 0.4) is 0 Å². The number of nitrogens with one attached hydrogen (secondary N) is 1. The SMILES string of the molecule is CSC(=[N+]=C1SCCN1C)Nc1ccc(Br)cc1. The average molecular weight is 345 g/mol. The van der Waals surface area contributed by atoms with Crippen molar-refractivity contribution in [3.63, 3.8) is 0 Å². The Morgan fingerprint density at radius 3 is 2.72 bits per heavy atom. The van der Waals surface area contributed by atoms with Crippen LogP contribution in [0.15, 0.2) is 28.7 Å².